The number of piperidine rings is 1. The molecule has 22 heavy (non-hydrogen) atoms. The van der Waals surface area contributed by atoms with Gasteiger partial charge in [0.25, 0.3) is 0 Å². The third-order valence-electron chi connectivity index (χ3n) is 4.23. The minimum atomic E-state index is -0.298. The summed E-state index contributed by atoms with van der Waals surface area (Å²) in [5, 5.41) is 9.74. The van der Waals surface area contributed by atoms with Crippen LogP contribution in [0.1, 0.15) is 25.5 Å². The number of aromatic nitrogens is 1. The van der Waals surface area contributed by atoms with E-state index in [1.807, 2.05) is 6.92 Å². The molecule has 0 unspecified atom stereocenters. The first-order chi connectivity index (χ1) is 10.6. The number of hydrogen-bond donors (Lipinski definition) is 1. The zero-order chi connectivity index (χ0) is 15.5. The van der Waals surface area contributed by atoms with Crippen LogP contribution in [-0.2, 0) is 6.54 Å². The van der Waals surface area contributed by atoms with Crippen LogP contribution in [0.15, 0.2) is 34.9 Å². The van der Waals surface area contributed by atoms with Gasteiger partial charge in [-0.05, 0) is 50.4 Å². The van der Waals surface area contributed by atoms with Crippen molar-refractivity contribution in [2.75, 3.05) is 13.1 Å². The summed E-state index contributed by atoms with van der Waals surface area (Å²) in [5.41, 5.74) is 1.48. The maximum atomic E-state index is 13.2. The summed E-state index contributed by atoms with van der Waals surface area (Å²) in [6.45, 7) is 4.43. The second-order valence-electron chi connectivity index (χ2n) is 6.03. The van der Waals surface area contributed by atoms with Crippen molar-refractivity contribution in [3.05, 3.63) is 42.0 Å². The molecule has 0 radical (unpaired) electrons. The largest absolute Gasteiger partial charge is 0.444 e. The molecule has 1 fully saturated rings. The molecule has 0 spiro atoms. The second kappa shape index (κ2) is 6.58. The number of halogens is 1. The minimum absolute atomic E-state index is 0.275. The lowest BCUT2D eigenvalue weighted by Gasteiger charge is -2.33. The third kappa shape index (κ3) is 3.54. The number of likely N-dealkylation sites (tertiary alicyclic amines) is 1. The average molecular weight is 304 g/mol. The van der Waals surface area contributed by atoms with E-state index in [0.717, 1.165) is 31.6 Å². The van der Waals surface area contributed by atoms with Crippen LogP contribution < -0.4 is 0 Å². The van der Waals surface area contributed by atoms with E-state index in [2.05, 4.69) is 9.88 Å². The normalized spacial score (nSPS) is 21.0. The Morgan fingerprint density at radius 3 is 3.14 bits per heavy atom. The van der Waals surface area contributed by atoms with Crippen molar-refractivity contribution in [2.45, 2.75) is 32.4 Å². The van der Waals surface area contributed by atoms with E-state index in [-0.39, 0.29) is 11.9 Å². The number of benzene rings is 1. The molecule has 1 saturated heterocycles. The molecule has 1 N–H and O–H groups in total. The van der Waals surface area contributed by atoms with Crippen LogP contribution in [0.2, 0.25) is 0 Å². The van der Waals surface area contributed by atoms with Crippen LogP contribution in [0.4, 0.5) is 4.39 Å². The van der Waals surface area contributed by atoms with Gasteiger partial charge in [0.15, 0.2) is 0 Å². The van der Waals surface area contributed by atoms with Crippen LogP contribution in [0.3, 0.4) is 0 Å². The lowest BCUT2D eigenvalue weighted by atomic mass is 9.93. The third-order valence-corrected chi connectivity index (χ3v) is 4.23. The molecule has 0 bridgehead atoms. The maximum Gasteiger partial charge on any atom is 0.226 e. The molecule has 2 aromatic rings. The molecule has 2 heterocycles. The first-order valence-electron chi connectivity index (χ1n) is 7.72. The monoisotopic (exact) mass is 304 g/mol. The van der Waals surface area contributed by atoms with E-state index in [9.17, 15) is 9.50 Å². The van der Waals surface area contributed by atoms with Crippen LogP contribution in [0.5, 0.6) is 0 Å². The van der Waals surface area contributed by atoms with Crippen molar-refractivity contribution in [1.29, 1.82) is 0 Å². The van der Waals surface area contributed by atoms with Gasteiger partial charge in [0, 0.05) is 18.7 Å². The van der Waals surface area contributed by atoms with Gasteiger partial charge in [-0.3, -0.25) is 4.90 Å². The first-order valence-corrected chi connectivity index (χ1v) is 7.72. The molecule has 1 aromatic heterocycles. The molecule has 0 amide bonds. The fraction of sp³-hybridized carbons (Fsp3) is 0.471. The molecule has 1 aliphatic heterocycles. The number of aliphatic hydroxyl groups is 1. The Hall–Kier alpha value is -1.72. The van der Waals surface area contributed by atoms with E-state index >= 15 is 0 Å². The van der Waals surface area contributed by atoms with Gasteiger partial charge in [-0.1, -0.05) is 6.07 Å². The summed E-state index contributed by atoms with van der Waals surface area (Å²) < 4.78 is 18.7. The average Bonchev–Trinajstić information content (AvgIpc) is 2.96. The molecular formula is C17H21FN2O2. The van der Waals surface area contributed by atoms with Crippen molar-refractivity contribution in [3.63, 3.8) is 0 Å². The van der Waals surface area contributed by atoms with Gasteiger partial charge in [0.1, 0.15) is 12.1 Å². The Balaban J connectivity index is 1.67. The highest BCUT2D eigenvalue weighted by Gasteiger charge is 2.24. The molecule has 1 aromatic carbocycles. The molecular weight excluding hydrogens is 283 g/mol. The fourth-order valence-electron chi connectivity index (χ4n) is 2.99. The van der Waals surface area contributed by atoms with E-state index in [1.165, 1.54) is 12.1 Å². The van der Waals surface area contributed by atoms with Crippen molar-refractivity contribution in [1.82, 2.24) is 9.88 Å². The number of aliphatic hydroxyl groups excluding tert-OH is 1. The lowest BCUT2D eigenvalue weighted by molar-refractivity contribution is 0.0594. The summed E-state index contributed by atoms with van der Waals surface area (Å²) in [4.78, 5) is 6.73. The number of hydrogen-bond acceptors (Lipinski definition) is 4. The fourth-order valence-corrected chi connectivity index (χ4v) is 2.99. The Labute approximate surface area is 129 Å². The smallest absolute Gasteiger partial charge is 0.226 e. The van der Waals surface area contributed by atoms with Gasteiger partial charge in [-0.2, -0.15) is 0 Å². The van der Waals surface area contributed by atoms with E-state index in [4.69, 9.17) is 4.42 Å². The predicted octanol–water partition coefficient (Wildman–Crippen LogP) is 3.07. The topological polar surface area (TPSA) is 49.5 Å². The predicted molar refractivity (Wildman–Crippen MR) is 81.6 cm³/mol. The molecule has 118 valence electrons. The van der Waals surface area contributed by atoms with E-state index < -0.39 is 0 Å². The Kier molecular flexibility index (Phi) is 4.55. The number of oxazole rings is 1. The summed E-state index contributed by atoms with van der Waals surface area (Å²) in [5.74, 6) is 0.468. The lowest BCUT2D eigenvalue weighted by Crippen LogP contribution is -2.39. The van der Waals surface area contributed by atoms with Gasteiger partial charge in [0.05, 0.1) is 11.8 Å². The summed E-state index contributed by atoms with van der Waals surface area (Å²) in [7, 11) is 0. The number of rotatable bonds is 4. The van der Waals surface area contributed by atoms with Crippen molar-refractivity contribution in [3.8, 4) is 11.5 Å². The van der Waals surface area contributed by atoms with E-state index in [0.29, 0.717) is 23.9 Å². The van der Waals surface area contributed by atoms with Crippen LogP contribution in [-0.4, -0.2) is 34.2 Å². The highest BCUT2D eigenvalue weighted by atomic mass is 19.1. The van der Waals surface area contributed by atoms with Gasteiger partial charge in [-0.15, -0.1) is 0 Å². The summed E-state index contributed by atoms with van der Waals surface area (Å²) in [6, 6.07) is 6.24. The van der Waals surface area contributed by atoms with Crippen molar-refractivity contribution >= 4 is 0 Å². The van der Waals surface area contributed by atoms with Crippen molar-refractivity contribution < 1.29 is 13.9 Å². The molecule has 4 nitrogen and oxygen atoms in total. The highest BCUT2D eigenvalue weighted by molar-refractivity contribution is 5.52. The Morgan fingerprint density at radius 1 is 1.50 bits per heavy atom. The molecule has 0 saturated carbocycles. The molecule has 1 aliphatic rings. The second-order valence-corrected chi connectivity index (χ2v) is 6.03. The van der Waals surface area contributed by atoms with Crippen LogP contribution in [0, 0.1) is 11.7 Å². The quantitative estimate of drug-likeness (QED) is 0.943. The summed E-state index contributed by atoms with van der Waals surface area (Å²) >= 11 is 0. The standard InChI is InChI=1S/C17H21FN2O2/c1-12(21)14-5-3-7-20(9-14)10-16-11-22-17(19-16)13-4-2-6-15(18)8-13/h2,4,6,8,11-12,14,21H,3,5,7,9-10H2,1H3/t12-,14+/m1/s1. The van der Waals surface area contributed by atoms with Gasteiger partial charge < -0.3 is 9.52 Å². The van der Waals surface area contributed by atoms with Gasteiger partial charge in [-0.25, -0.2) is 9.37 Å². The Morgan fingerprint density at radius 2 is 2.36 bits per heavy atom. The molecule has 0 aliphatic carbocycles. The van der Waals surface area contributed by atoms with E-state index in [1.54, 1.807) is 18.4 Å². The van der Waals surface area contributed by atoms with Crippen LogP contribution >= 0.6 is 0 Å². The Bertz CT molecular complexity index is 627. The SMILES string of the molecule is C[C@@H](O)[C@H]1CCCN(Cc2coc(-c3cccc(F)c3)n2)C1. The zero-order valence-corrected chi connectivity index (χ0v) is 12.7. The van der Waals surface area contributed by atoms with Crippen molar-refractivity contribution in [2.24, 2.45) is 5.92 Å². The molecule has 5 heteroatoms. The first kappa shape index (κ1) is 15.2. The zero-order valence-electron chi connectivity index (χ0n) is 12.7. The van der Waals surface area contributed by atoms with Crippen LogP contribution in [0.25, 0.3) is 11.5 Å². The summed E-state index contributed by atoms with van der Waals surface area (Å²) in [6.07, 6.45) is 3.51. The van der Waals surface area contributed by atoms with Gasteiger partial charge in [0.2, 0.25) is 5.89 Å². The molecule has 3 rings (SSSR count). The minimum Gasteiger partial charge on any atom is -0.444 e. The maximum absolute atomic E-state index is 13.2. The highest BCUT2D eigenvalue weighted by Crippen LogP contribution is 2.23. The molecule has 2 atom stereocenters. The van der Waals surface area contributed by atoms with Gasteiger partial charge >= 0.3 is 0 Å². The number of nitrogens with zero attached hydrogens (tertiary/aromatic N) is 2.